The highest BCUT2D eigenvalue weighted by Crippen LogP contribution is 2.19. The van der Waals surface area contributed by atoms with Gasteiger partial charge in [0.2, 0.25) is 10.0 Å². The van der Waals surface area contributed by atoms with Crippen LogP contribution in [-0.2, 0) is 21.4 Å². The number of nitrogens with zero attached hydrogens (tertiary/aromatic N) is 3. The molecule has 1 aromatic heterocycles. The second-order valence-electron chi connectivity index (χ2n) is 4.62. The molecule has 0 saturated carbocycles. The third kappa shape index (κ3) is 4.72. The number of aliphatic carboxylic acids is 1. The number of sulfonamides is 1. The minimum absolute atomic E-state index is 0.0765. The maximum absolute atomic E-state index is 12.5. The molecule has 1 rings (SSSR count). The van der Waals surface area contributed by atoms with E-state index in [0.717, 1.165) is 12.2 Å². The zero-order valence-electron chi connectivity index (χ0n) is 12.4. The topological polar surface area (TPSA) is 92.5 Å². The lowest BCUT2D eigenvalue weighted by Gasteiger charge is -2.25. The number of carbonyl (C=O) groups is 1. The fraction of sp³-hybridized carbons (Fsp3) is 0.667. The summed E-state index contributed by atoms with van der Waals surface area (Å²) >= 11 is 1.60. The van der Waals surface area contributed by atoms with E-state index in [0.29, 0.717) is 0 Å². The molecule has 0 spiro atoms. The highest BCUT2D eigenvalue weighted by Gasteiger charge is 2.28. The molecule has 1 unspecified atom stereocenters. The van der Waals surface area contributed by atoms with Gasteiger partial charge in [0.15, 0.2) is 0 Å². The van der Waals surface area contributed by atoms with E-state index in [-0.39, 0.29) is 23.9 Å². The van der Waals surface area contributed by atoms with Gasteiger partial charge in [0.25, 0.3) is 0 Å². The molecule has 0 aliphatic carbocycles. The predicted molar refractivity (Wildman–Crippen MR) is 81.9 cm³/mol. The lowest BCUT2D eigenvalue weighted by atomic mass is 10.3. The van der Waals surface area contributed by atoms with E-state index in [9.17, 15) is 13.2 Å². The molecule has 1 N–H and O–H groups in total. The lowest BCUT2D eigenvalue weighted by molar-refractivity contribution is -0.137. The van der Waals surface area contributed by atoms with Crippen molar-refractivity contribution >= 4 is 27.8 Å². The van der Waals surface area contributed by atoms with Crippen LogP contribution in [0.1, 0.15) is 19.8 Å². The molecule has 0 saturated heterocycles. The average Bonchev–Trinajstić information content (AvgIpc) is 2.91. The standard InChI is InChI=1S/C12H21N3O4S2/c1-4-10(9-20-3)14(2)21(18,19)11-7-13-15(8-11)6-5-12(16)17/h7-8,10H,4-6,9H2,1-3H3,(H,16,17). The van der Waals surface area contributed by atoms with Crippen molar-refractivity contribution < 1.29 is 18.3 Å². The molecule has 9 heteroatoms. The molecule has 1 heterocycles. The Labute approximate surface area is 129 Å². The number of hydrogen-bond acceptors (Lipinski definition) is 5. The van der Waals surface area contributed by atoms with Crippen LogP contribution in [0.4, 0.5) is 0 Å². The van der Waals surface area contributed by atoms with Crippen molar-refractivity contribution in [2.45, 2.75) is 37.2 Å². The fourth-order valence-electron chi connectivity index (χ4n) is 1.85. The van der Waals surface area contributed by atoms with Crippen LogP contribution in [0, 0.1) is 0 Å². The number of carboxylic acid groups (broad SMARTS) is 1. The summed E-state index contributed by atoms with van der Waals surface area (Å²) in [5.74, 6) is -0.225. The van der Waals surface area contributed by atoms with Crippen LogP contribution in [0.3, 0.4) is 0 Å². The normalized spacial score (nSPS) is 13.5. The highest BCUT2D eigenvalue weighted by molar-refractivity contribution is 7.98. The van der Waals surface area contributed by atoms with Crippen molar-refractivity contribution in [2.24, 2.45) is 0 Å². The van der Waals surface area contributed by atoms with Gasteiger partial charge in [-0.25, -0.2) is 8.42 Å². The fourth-order valence-corrected chi connectivity index (χ4v) is 4.17. The average molecular weight is 335 g/mol. The van der Waals surface area contributed by atoms with E-state index in [1.165, 1.54) is 21.4 Å². The zero-order chi connectivity index (χ0) is 16.0. The molecule has 0 radical (unpaired) electrons. The molecule has 21 heavy (non-hydrogen) atoms. The first-order valence-electron chi connectivity index (χ1n) is 6.54. The zero-order valence-corrected chi connectivity index (χ0v) is 14.0. The summed E-state index contributed by atoms with van der Waals surface area (Å²) in [5.41, 5.74) is 0. The number of carboxylic acids is 1. The molecule has 120 valence electrons. The molecule has 0 aliphatic heterocycles. The van der Waals surface area contributed by atoms with E-state index in [1.807, 2.05) is 13.2 Å². The first kappa shape index (κ1) is 18.0. The third-order valence-corrected chi connectivity index (χ3v) is 5.77. The van der Waals surface area contributed by atoms with Crippen LogP contribution < -0.4 is 0 Å². The summed E-state index contributed by atoms with van der Waals surface area (Å²) in [5, 5.41) is 12.5. The third-order valence-electron chi connectivity index (χ3n) is 3.19. The molecular formula is C12H21N3O4S2. The van der Waals surface area contributed by atoms with E-state index in [4.69, 9.17) is 5.11 Å². The van der Waals surface area contributed by atoms with Crippen LogP contribution in [0.5, 0.6) is 0 Å². The first-order chi connectivity index (χ1) is 9.82. The molecule has 1 atom stereocenters. The summed E-state index contributed by atoms with van der Waals surface area (Å²) in [6.07, 6.45) is 5.21. The van der Waals surface area contributed by atoms with Crippen molar-refractivity contribution in [2.75, 3.05) is 19.1 Å². The van der Waals surface area contributed by atoms with Gasteiger partial charge >= 0.3 is 5.97 Å². The molecule has 0 fully saturated rings. The van der Waals surface area contributed by atoms with Gasteiger partial charge in [-0.3, -0.25) is 9.48 Å². The van der Waals surface area contributed by atoms with Gasteiger partial charge < -0.3 is 5.11 Å². The van der Waals surface area contributed by atoms with Crippen LogP contribution in [0.2, 0.25) is 0 Å². The molecule has 1 aromatic rings. The van der Waals surface area contributed by atoms with Crippen LogP contribution in [0.15, 0.2) is 17.3 Å². The Morgan fingerprint density at radius 2 is 2.24 bits per heavy atom. The monoisotopic (exact) mass is 335 g/mol. The van der Waals surface area contributed by atoms with E-state index >= 15 is 0 Å². The Hall–Kier alpha value is -1.06. The Balaban J connectivity index is 2.89. The molecule has 7 nitrogen and oxygen atoms in total. The number of rotatable bonds is 9. The Bertz CT molecular complexity index is 571. The number of thioether (sulfide) groups is 1. The second-order valence-corrected chi connectivity index (χ2v) is 7.53. The molecule has 0 aliphatic rings. The van der Waals surface area contributed by atoms with Crippen LogP contribution in [-0.4, -0.2) is 58.7 Å². The van der Waals surface area contributed by atoms with Gasteiger partial charge in [0.1, 0.15) is 4.90 Å². The Morgan fingerprint density at radius 3 is 2.76 bits per heavy atom. The minimum atomic E-state index is -3.60. The van der Waals surface area contributed by atoms with Gasteiger partial charge in [0.05, 0.1) is 19.2 Å². The maximum atomic E-state index is 12.5. The van der Waals surface area contributed by atoms with Crippen molar-refractivity contribution in [3.63, 3.8) is 0 Å². The van der Waals surface area contributed by atoms with Crippen molar-refractivity contribution in [3.05, 3.63) is 12.4 Å². The molecular weight excluding hydrogens is 314 g/mol. The Kier molecular flexibility index (Phi) is 6.69. The second kappa shape index (κ2) is 7.81. The summed E-state index contributed by atoms with van der Waals surface area (Å²) in [7, 11) is -2.04. The molecule has 0 amide bonds. The van der Waals surface area contributed by atoms with E-state index in [1.54, 1.807) is 18.8 Å². The summed E-state index contributed by atoms with van der Waals surface area (Å²) in [6.45, 7) is 2.10. The van der Waals surface area contributed by atoms with Crippen molar-refractivity contribution in [1.29, 1.82) is 0 Å². The van der Waals surface area contributed by atoms with Crippen molar-refractivity contribution in [1.82, 2.24) is 14.1 Å². The predicted octanol–water partition coefficient (Wildman–Crippen LogP) is 1.12. The van der Waals surface area contributed by atoms with Crippen LogP contribution in [0.25, 0.3) is 0 Å². The maximum Gasteiger partial charge on any atom is 0.305 e. The summed E-state index contributed by atoms with van der Waals surface area (Å²) in [6, 6.07) is -0.0765. The van der Waals surface area contributed by atoms with Gasteiger partial charge in [-0.1, -0.05) is 6.92 Å². The largest absolute Gasteiger partial charge is 0.481 e. The number of aromatic nitrogens is 2. The minimum Gasteiger partial charge on any atom is -0.481 e. The number of aryl methyl sites for hydroxylation is 1. The quantitative estimate of drug-likeness (QED) is 0.727. The van der Waals surface area contributed by atoms with Gasteiger partial charge in [-0.05, 0) is 12.7 Å². The molecule has 0 bridgehead atoms. The SMILES string of the molecule is CCC(CSC)N(C)S(=O)(=O)c1cnn(CCC(=O)O)c1. The molecule has 0 aromatic carbocycles. The number of hydrogen-bond donors (Lipinski definition) is 1. The van der Waals surface area contributed by atoms with Gasteiger partial charge in [0, 0.05) is 25.0 Å². The van der Waals surface area contributed by atoms with E-state index in [2.05, 4.69) is 5.10 Å². The van der Waals surface area contributed by atoms with Crippen LogP contribution >= 0.6 is 11.8 Å². The van der Waals surface area contributed by atoms with Gasteiger partial charge in [-0.15, -0.1) is 0 Å². The van der Waals surface area contributed by atoms with Gasteiger partial charge in [-0.2, -0.15) is 21.2 Å². The highest BCUT2D eigenvalue weighted by atomic mass is 32.2. The van der Waals surface area contributed by atoms with Crippen molar-refractivity contribution in [3.8, 4) is 0 Å². The summed E-state index contributed by atoms with van der Waals surface area (Å²) < 4.78 is 27.7. The Morgan fingerprint density at radius 1 is 1.57 bits per heavy atom. The smallest absolute Gasteiger partial charge is 0.305 e. The summed E-state index contributed by atoms with van der Waals surface area (Å²) in [4.78, 5) is 10.6. The van der Waals surface area contributed by atoms with E-state index < -0.39 is 16.0 Å². The first-order valence-corrected chi connectivity index (χ1v) is 9.37. The lowest BCUT2D eigenvalue weighted by Crippen LogP contribution is -2.38.